The first-order valence-electron chi connectivity index (χ1n) is 7.99. The molecule has 1 aliphatic heterocycles. The maximum atomic E-state index is 12.5. The van der Waals surface area contributed by atoms with Gasteiger partial charge in [-0.1, -0.05) is 11.6 Å². The predicted molar refractivity (Wildman–Crippen MR) is 103 cm³/mol. The molecule has 3 nitrogen and oxygen atoms in total. The molecule has 1 aromatic heterocycles. The molecule has 0 radical (unpaired) electrons. The summed E-state index contributed by atoms with van der Waals surface area (Å²) in [5.74, 6) is -0.101. The van der Waals surface area contributed by atoms with Gasteiger partial charge in [-0.2, -0.15) is 0 Å². The summed E-state index contributed by atoms with van der Waals surface area (Å²) < 4.78 is 0. The van der Waals surface area contributed by atoms with Crippen molar-refractivity contribution in [3.8, 4) is 0 Å². The number of rotatable bonds is 5. The highest BCUT2D eigenvalue weighted by atomic mass is 35.5. The molecular weight excluding hydrogens is 360 g/mol. The Morgan fingerprint density at radius 1 is 1.46 bits per heavy atom. The zero-order valence-corrected chi connectivity index (χ0v) is 16.2. The standard InChI is InChI=1S/C18H21ClN2OS2/c1-12(21-7-5-17-13(11-21)6-8-24-17)10-20-18(22)15-9-14(23-2)3-4-16(15)19/h3-4,6,8-9,12H,5,7,10-11H2,1-2H3,(H,20,22)/t12-/m1/s1. The largest absolute Gasteiger partial charge is 0.350 e. The number of thiophene rings is 1. The second-order valence-corrected chi connectivity index (χ2v) is 8.28. The van der Waals surface area contributed by atoms with Crippen LogP contribution in [0.5, 0.6) is 0 Å². The van der Waals surface area contributed by atoms with Crippen LogP contribution < -0.4 is 5.32 Å². The fraction of sp³-hybridized carbons (Fsp3) is 0.389. The van der Waals surface area contributed by atoms with Gasteiger partial charge in [0.2, 0.25) is 0 Å². The van der Waals surface area contributed by atoms with Gasteiger partial charge in [0, 0.05) is 35.4 Å². The average molecular weight is 381 g/mol. The molecule has 128 valence electrons. The van der Waals surface area contributed by atoms with Crippen LogP contribution in [-0.4, -0.2) is 36.2 Å². The minimum absolute atomic E-state index is 0.101. The van der Waals surface area contributed by atoms with Crippen molar-refractivity contribution in [3.63, 3.8) is 0 Å². The second kappa shape index (κ2) is 7.91. The lowest BCUT2D eigenvalue weighted by Crippen LogP contribution is -2.44. The normalized spacial score (nSPS) is 15.8. The van der Waals surface area contributed by atoms with E-state index in [4.69, 9.17) is 11.6 Å². The Hall–Kier alpha value is -1.01. The molecule has 3 rings (SSSR count). The number of halogens is 1. The molecule has 0 unspecified atom stereocenters. The van der Waals surface area contributed by atoms with Gasteiger partial charge in [0.05, 0.1) is 10.6 Å². The lowest BCUT2D eigenvalue weighted by molar-refractivity contribution is 0.0932. The first kappa shape index (κ1) is 17.8. The van der Waals surface area contributed by atoms with Crippen molar-refractivity contribution < 1.29 is 4.79 Å². The van der Waals surface area contributed by atoms with Crippen molar-refractivity contribution in [1.29, 1.82) is 0 Å². The average Bonchev–Trinajstić information content (AvgIpc) is 3.07. The van der Waals surface area contributed by atoms with Gasteiger partial charge in [0.15, 0.2) is 0 Å². The van der Waals surface area contributed by atoms with Gasteiger partial charge < -0.3 is 5.32 Å². The summed E-state index contributed by atoms with van der Waals surface area (Å²) in [6, 6.07) is 8.08. The fourth-order valence-corrected chi connectivity index (χ4v) is 4.45. The van der Waals surface area contributed by atoms with Gasteiger partial charge in [-0.05, 0) is 54.8 Å². The maximum Gasteiger partial charge on any atom is 0.252 e. The molecule has 1 amide bonds. The Bertz CT molecular complexity index is 732. The number of nitrogens with one attached hydrogen (secondary N) is 1. The Morgan fingerprint density at radius 2 is 2.29 bits per heavy atom. The molecular formula is C18H21ClN2OS2. The fourth-order valence-electron chi connectivity index (χ4n) is 2.92. The summed E-state index contributed by atoms with van der Waals surface area (Å²) in [5.41, 5.74) is 1.98. The molecule has 1 aromatic carbocycles. The number of carbonyl (C=O) groups is 1. The second-order valence-electron chi connectivity index (χ2n) is 5.99. The maximum absolute atomic E-state index is 12.5. The van der Waals surface area contributed by atoms with Crippen LogP contribution in [0.1, 0.15) is 27.7 Å². The van der Waals surface area contributed by atoms with E-state index in [2.05, 4.69) is 28.6 Å². The lowest BCUT2D eigenvalue weighted by atomic mass is 10.1. The van der Waals surface area contributed by atoms with E-state index in [-0.39, 0.29) is 5.91 Å². The third-order valence-electron chi connectivity index (χ3n) is 4.44. The van der Waals surface area contributed by atoms with Crippen molar-refractivity contribution >= 4 is 40.6 Å². The first-order valence-corrected chi connectivity index (χ1v) is 10.5. The molecule has 1 aliphatic rings. The van der Waals surface area contributed by atoms with Crippen LogP contribution >= 0.6 is 34.7 Å². The molecule has 2 aromatic rings. The molecule has 1 atom stereocenters. The summed E-state index contributed by atoms with van der Waals surface area (Å²) in [6.07, 6.45) is 3.09. The van der Waals surface area contributed by atoms with E-state index in [0.29, 0.717) is 23.2 Å². The zero-order valence-electron chi connectivity index (χ0n) is 13.8. The van der Waals surface area contributed by atoms with Crippen molar-refractivity contribution in [2.75, 3.05) is 19.3 Å². The van der Waals surface area contributed by atoms with Crippen LogP contribution in [0.4, 0.5) is 0 Å². The predicted octanol–water partition coefficient (Wildman–Crippen LogP) is 4.30. The van der Waals surface area contributed by atoms with E-state index in [0.717, 1.165) is 24.4 Å². The molecule has 0 spiro atoms. The molecule has 0 saturated heterocycles. The number of benzene rings is 1. The van der Waals surface area contributed by atoms with Crippen molar-refractivity contribution in [2.45, 2.75) is 30.8 Å². The number of fused-ring (bicyclic) bond motifs is 1. The van der Waals surface area contributed by atoms with E-state index >= 15 is 0 Å². The number of hydrogen-bond acceptors (Lipinski definition) is 4. The van der Waals surface area contributed by atoms with Crippen LogP contribution in [0, 0.1) is 0 Å². The smallest absolute Gasteiger partial charge is 0.252 e. The first-order chi connectivity index (χ1) is 11.6. The summed E-state index contributed by atoms with van der Waals surface area (Å²) in [6.45, 7) is 4.81. The van der Waals surface area contributed by atoms with E-state index in [1.807, 2.05) is 29.7 Å². The minimum Gasteiger partial charge on any atom is -0.350 e. The van der Waals surface area contributed by atoms with Gasteiger partial charge in [-0.3, -0.25) is 9.69 Å². The number of nitrogens with zero attached hydrogens (tertiary/aromatic N) is 1. The third-order valence-corrected chi connectivity index (χ3v) is 6.51. The number of carbonyl (C=O) groups excluding carboxylic acids is 1. The number of amides is 1. The third kappa shape index (κ3) is 3.97. The van der Waals surface area contributed by atoms with E-state index in [1.165, 1.54) is 10.4 Å². The highest BCUT2D eigenvalue weighted by Crippen LogP contribution is 2.25. The Morgan fingerprint density at radius 3 is 3.08 bits per heavy atom. The van der Waals surface area contributed by atoms with Crippen molar-refractivity contribution in [3.05, 3.63) is 50.7 Å². The van der Waals surface area contributed by atoms with Crippen molar-refractivity contribution in [1.82, 2.24) is 10.2 Å². The van der Waals surface area contributed by atoms with Crippen LogP contribution in [0.15, 0.2) is 34.5 Å². The molecule has 0 saturated carbocycles. The summed E-state index contributed by atoms with van der Waals surface area (Å²) in [5, 5.41) is 5.70. The van der Waals surface area contributed by atoms with Crippen LogP contribution in [0.3, 0.4) is 0 Å². The minimum atomic E-state index is -0.101. The van der Waals surface area contributed by atoms with Crippen LogP contribution in [0.25, 0.3) is 0 Å². The summed E-state index contributed by atoms with van der Waals surface area (Å²) in [7, 11) is 0. The van der Waals surface area contributed by atoms with E-state index in [1.54, 1.807) is 17.8 Å². The molecule has 1 N–H and O–H groups in total. The Balaban J connectivity index is 1.58. The van der Waals surface area contributed by atoms with E-state index < -0.39 is 0 Å². The summed E-state index contributed by atoms with van der Waals surface area (Å²) >= 11 is 9.63. The van der Waals surface area contributed by atoms with Gasteiger partial charge in [0.25, 0.3) is 5.91 Å². The monoisotopic (exact) mass is 380 g/mol. The van der Waals surface area contributed by atoms with E-state index in [9.17, 15) is 4.79 Å². The van der Waals surface area contributed by atoms with Gasteiger partial charge in [0.1, 0.15) is 0 Å². The van der Waals surface area contributed by atoms with Crippen LogP contribution in [0.2, 0.25) is 5.02 Å². The Labute approximate surface area is 156 Å². The topological polar surface area (TPSA) is 32.3 Å². The van der Waals surface area contributed by atoms with Crippen LogP contribution in [-0.2, 0) is 13.0 Å². The quantitative estimate of drug-likeness (QED) is 0.785. The van der Waals surface area contributed by atoms with Gasteiger partial charge >= 0.3 is 0 Å². The molecule has 2 heterocycles. The molecule has 0 aliphatic carbocycles. The van der Waals surface area contributed by atoms with Crippen molar-refractivity contribution in [2.24, 2.45) is 0 Å². The highest BCUT2D eigenvalue weighted by molar-refractivity contribution is 7.98. The van der Waals surface area contributed by atoms with Gasteiger partial charge in [-0.15, -0.1) is 23.1 Å². The SMILES string of the molecule is CSc1ccc(Cl)c(C(=O)NC[C@@H](C)N2CCc3sccc3C2)c1. The molecule has 6 heteroatoms. The molecule has 0 bridgehead atoms. The number of hydrogen-bond donors (Lipinski definition) is 1. The lowest BCUT2D eigenvalue weighted by Gasteiger charge is -2.32. The molecule has 24 heavy (non-hydrogen) atoms. The zero-order chi connectivity index (χ0) is 17.1. The summed E-state index contributed by atoms with van der Waals surface area (Å²) in [4.78, 5) is 17.4. The molecule has 0 fully saturated rings. The highest BCUT2D eigenvalue weighted by Gasteiger charge is 2.22. The Kier molecular flexibility index (Phi) is 5.87. The van der Waals surface area contributed by atoms with Gasteiger partial charge in [-0.25, -0.2) is 0 Å². The number of thioether (sulfide) groups is 1.